The molecule has 2 aromatic carbocycles. The zero-order chi connectivity index (χ0) is 23.8. The number of nitrogens with zero attached hydrogens (tertiary/aromatic N) is 2. The third-order valence-corrected chi connectivity index (χ3v) is 8.91. The highest BCUT2D eigenvalue weighted by atomic mass is 79.9. The van der Waals surface area contributed by atoms with Crippen LogP contribution in [0.15, 0.2) is 67.2 Å². The van der Waals surface area contributed by atoms with Gasteiger partial charge in [-0.05, 0) is 52.7 Å². The average Bonchev–Trinajstić information content (AvgIpc) is 3.34. The number of alkyl halides is 3. The molecule has 0 aliphatic rings. The van der Waals surface area contributed by atoms with E-state index in [0.717, 1.165) is 14.4 Å². The number of thiophene rings is 1. The minimum Gasteiger partial charge on any atom is -0.296 e. The van der Waals surface area contributed by atoms with Crippen molar-refractivity contribution in [2.24, 2.45) is 0 Å². The monoisotopic (exact) mass is 561 g/mol. The van der Waals surface area contributed by atoms with E-state index in [9.17, 15) is 26.4 Å². The van der Waals surface area contributed by atoms with E-state index >= 15 is 0 Å². The highest BCUT2D eigenvalue weighted by Gasteiger charge is 2.32. The molecule has 1 N–H and O–H groups in total. The Morgan fingerprint density at radius 2 is 1.82 bits per heavy atom. The van der Waals surface area contributed by atoms with Crippen molar-refractivity contribution in [1.82, 2.24) is 10.1 Å². The van der Waals surface area contributed by atoms with Crippen LogP contribution in [0, 0.1) is 0 Å². The second-order valence-corrected chi connectivity index (χ2v) is 10.7. The van der Waals surface area contributed by atoms with Crippen molar-refractivity contribution in [3.63, 3.8) is 0 Å². The molecular formula is C20H15BrF3N3O4S2. The van der Waals surface area contributed by atoms with Gasteiger partial charge in [-0.25, -0.2) is 13.2 Å². The summed E-state index contributed by atoms with van der Waals surface area (Å²) in [6.07, 6.45) is -5.91. The molecule has 2 aromatic heterocycles. The Bertz CT molecular complexity index is 1440. The molecule has 4 rings (SSSR count). The molecule has 0 saturated heterocycles. The van der Waals surface area contributed by atoms with Crippen LogP contribution in [0.5, 0.6) is 0 Å². The first kappa shape index (κ1) is 23.5. The lowest BCUT2D eigenvalue weighted by Crippen LogP contribution is -2.32. The molecule has 0 bridgehead atoms. The van der Waals surface area contributed by atoms with Gasteiger partial charge in [-0.1, -0.05) is 23.4 Å². The summed E-state index contributed by atoms with van der Waals surface area (Å²) < 4.78 is 72.1. The average molecular weight is 562 g/mol. The molecule has 0 atom stereocenters. The zero-order valence-corrected chi connectivity index (χ0v) is 19.8. The molecule has 0 amide bonds. The van der Waals surface area contributed by atoms with Crippen molar-refractivity contribution in [3.8, 4) is 11.4 Å². The smallest absolute Gasteiger partial charge is 0.296 e. The summed E-state index contributed by atoms with van der Waals surface area (Å²) in [6, 6.07) is 12.6. The highest BCUT2D eigenvalue weighted by molar-refractivity contribution is 9.10. The van der Waals surface area contributed by atoms with Crippen LogP contribution in [-0.2, 0) is 10.0 Å². The number of aromatic amines is 1. The van der Waals surface area contributed by atoms with Crippen molar-refractivity contribution in [3.05, 3.63) is 63.6 Å². The van der Waals surface area contributed by atoms with E-state index in [2.05, 4.69) is 30.6 Å². The number of H-pyrrole nitrogens is 1. The van der Waals surface area contributed by atoms with E-state index in [1.807, 2.05) is 6.07 Å². The van der Waals surface area contributed by atoms with Gasteiger partial charge in [0.05, 0.1) is 9.37 Å². The van der Waals surface area contributed by atoms with Crippen molar-refractivity contribution in [1.29, 1.82) is 0 Å². The lowest BCUT2D eigenvalue weighted by molar-refractivity contribution is -0.134. The van der Waals surface area contributed by atoms with Crippen LogP contribution in [-0.4, -0.2) is 31.3 Å². The van der Waals surface area contributed by atoms with Gasteiger partial charge in [-0.2, -0.15) is 13.2 Å². The van der Waals surface area contributed by atoms with Crippen molar-refractivity contribution >= 4 is 52.4 Å². The Hall–Kier alpha value is -2.64. The molecule has 0 spiro atoms. The van der Waals surface area contributed by atoms with Gasteiger partial charge in [0.2, 0.25) is 0 Å². The summed E-state index contributed by atoms with van der Waals surface area (Å²) in [6.45, 7) is -0.356. The fourth-order valence-corrected chi connectivity index (χ4v) is 7.08. The first-order valence-electron chi connectivity index (χ1n) is 9.49. The number of fused-ring (bicyclic) bond motifs is 1. The van der Waals surface area contributed by atoms with Gasteiger partial charge in [-0.3, -0.25) is 13.8 Å². The number of anilines is 1. The van der Waals surface area contributed by atoms with Crippen molar-refractivity contribution in [2.45, 2.75) is 23.9 Å². The number of hydrogen-bond acceptors (Lipinski definition) is 6. The summed E-state index contributed by atoms with van der Waals surface area (Å²) in [4.78, 5) is 13.4. The number of nitrogens with one attached hydrogen (secondary N) is 1. The van der Waals surface area contributed by atoms with Crippen molar-refractivity contribution < 1.29 is 26.1 Å². The SMILES string of the molecule is O=c1[nH]c(-c2ccc(S(=O)(=O)N(CCCC(F)(F)F)c3sc4ccccc4c3Br)cc2)no1. The Labute approximate surface area is 198 Å². The first-order valence-corrected chi connectivity index (χ1v) is 12.5. The maximum Gasteiger partial charge on any atom is 0.439 e. The summed E-state index contributed by atoms with van der Waals surface area (Å²) in [5.41, 5.74) is 0.409. The number of sulfonamides is 1. The molecule has 0 unspecified atom stereocenters. The number of halogens is 4. The molecule has 0 aliphatic carbocycles. The number of hydrogen-bond donors (Lipinski definition) is 1. The lowest BCUT2D eigenvalue weighted by atomic mass is 10.2. The molecule has 0 radical (unpaired) electrons. The Morgan fingerprint density at radius 3 is 2.42 bits per heavy atom. The standard InChI is InChI=1S/C20H15BrF3N3O4S2/c21-16-14-4-1-2-5-15(14)32-18(16)27(11-3-10-20(22,23)24)33(29,30)13-8-6-12(7-9-13)17-25-19(28)31-26-17/h1-2,4-9H,3,10-11H2,(H,25,26,28). The number of benzene rings is 2. The third-order valence-electron chi connectivity index (χ3n) is 4.72. The van der Waals surface area contributed by atoms with Gasteiger partial charge < -0.3 is 0 Å². The van der Waals surface area contributed by atoms with Crippen LogP contribution in [0.25, 0.3) is 21.5 Å². The molecule has 0 saturated carbocycles. The molecule has 0 fully saturated rings. The maximum atomic E-state index is 13.5. The van der Waals surface area contributed by atoms with E-state index in [1.54, 1.807) is 18.2 Å². The van der Waals surface area contributed by atoms with Crippen LogP contribution < -0.4 is 10.1 Å². The van der Waals surface area contributed by atoms with Crippen LogP contribution in [0.2, 0.25) is 0 Å². The molecule has 174 valence electrons. The molecule has 0 aliphatic heterocycles. The second kappa shape index (κ2) is 8.95. The molecule has 13 heteroatoms. The molecule has 2 heterocycles. The molecule has 7 nitrogen and oxygen atoms in total. The predicted octanol–water partition coefficient (Wildman–Crippen LogP) is 5.54. The van der Waals surface area contributed by atoms with E-state index in [4.69, 9.17) is 0 Å². The predicted molar refractivity (Wildman–Crippen MR) is 122 cm³/mol. The lowest BCUT2D eigenvalue weighted by Gasteiger charge is -2.24. The van der Waals surface area contributed by atoms with E-state index in [-0.39, 0.29) is 17.3 Å². The Morgan fingerprint density at radius 1 is 1.12 bits per heavy atom. The van der Waals surface area contributed by atoms with Crippen LogP contribution in [0.3, 0.4) is 0 Å². The minimum atomic E-state index is -4.40. The molecule has 4 aromatic rings. The normalized spacial score (nSPS) is 12.4. The summed E-state index contributed by atoms with van der Waals surface area (Å²) in [5, 5.41) is 4.60. The Balaban J connectivity index is 1.73. The van der Waals surface area contributed by atoms with Crippen LogP contribution >= 0.6 is 27.3 Å². The largest absolute Gasteiger partial charge is 0.439 e. The first-order chi connectivity index (χ1) is 15.6. The van der Waals surface area contributed by atoms with Gasteiger partial charge in [-0.15, -0.1) is 11.3 Å². The van der Waals surface area contributed by atoms with Gasteiger partial charge in [0.25, 0.3) is 10.0 Å². The second-order valence-electron chi connectivity index (χ2n) is 6.98. The van der Waals surface area contributed by atoms with Gasteiger partial charge in [0, 0.05) is 28.6 Å². The van der Waals surface area contributed by atoms with E-state index in [0.29, 0.717) is 15.0 Å². The van der Waals surface area contributed by atoms with E-state index < -0.39 is 34.8 Å². The highest BCUT2D eigenvalue weighted by Crippen LogP contribution is 2.44. The molecular weight excluding hydrogens is 547 g/mol. The van der Waals surface area contributed by atoms with Gasteiger partial charge in [0.15, 0.2) is 5.82 Å². The Kier molecular flexibility index (Phi) is 6.38. The van der Waals surface area contributed by atoms with Crippen molar-refractivity contribution in [2.75, 3.05) is 10.8 Å². The van der Waals surface area contributed by atoms with Gasteiger partial charge >= 0.3 is 11.9 Å². The summed E-state index contributed by atoms with van der Waals surface area (Å²) >= 11 is 4.59. The topological polar surface area (TPSA) is 96.3 Å². The zero-order valence-electron chi connectivity index (χ0n) is 16.6. The van der Waals surface area contributed by atoms with Crippen LogP contribution in [0.4, 0.5) is 18.2 Å². The maximum absolute atomic E-state index is 13.5. The fourth-order valence-electron chi connectivity index (χ4n) is 3.18. The summed E-state index contributed by atoms with van der Waals surface area (Å²) in [5.74, 6) is -0.634. The molecule has 33 heavy (non-hydrogen) atoms. The van der Waals surface area contributed by atoms with E-state index in [1.165, 1.54) is 35.6 Å². The van der Waals surface area contributed by atoms with Crippen LogP contribution in [0.1, 0.15) is 12.8 Å². The summed E-state index contributed by atoms with van der Waals surface area (Å²) in [7, 11) is -4.21. The number of aromatic nitrogens is 2. The number of rotatable bonds is 7. The van der Waals surface area contributed by atoms with Gasteiger partial charge in [0.1, 0.15) is 5.00 Å². The minimum absolute atomic E-state index is 0.117. The third kappa shape index (κ3) is 4.99. The quantitative estimate of drug-likeness (QED) is 0.319. The fraction of sp³-hybridized carbons (Fsp3) is 0.200.